The van der Waals surface area contributed by atoms with E-state index in [9.17, 15) is 4.79 Å². The second-order valence-corrected chi connectivity index (χ2v) is 3.85. The van der Waals surface area contributed by atoms with E-state index in [2.05, 4.69) is 4.98 Å². The highest BCUT2D eigenvalue weighted by Gasteiger charge is 2.10. The van der Waals surface area contributed by atoms with Gasteiger partial charge in [-0.2, -0.15) is 0 Å². The normalized spacial score (nSPS) is 9.95. The monoisotopic (exact) mass is 258 g/mol. The molecule has 0 unspecified atom stereocenters. The molecule has 1 aromatic carbocycles. The van der Waals surface area contributed by atoms with Crippen molar-refractivity contribution in [3.8, 4) is 5.75 Å². The zero-order valence-corrected chi connectivity index (χ0v) is 10.5. The lowest BCUT2D eigenvalue weighted by atomic mass is 10.2. The van der Waals surface area contributed by atoms with Crippen LogP contribution in [-0.2, 0) is 11.3 Å². The number of carbonyl (C=O) groups excluding carboxylic acids is 1. The Labute approximate surface area is 111 Å². The number of hydrogen-bond donors (Lipinski definition) is 1. The number of ether oxygens (including phenoxy) is 2. The maximum absolute atomic E-state index is 11.8. The number of pyridine rings is 1. The van der Waals surface area contributed by atoms with Crippen LogP contribution in [0.4, 0.5) is 5.69 Å². The summed E-state index contributed by atoms with van der Waals surface area (Å²) >= 11 is 0. The lowest BCUT2D eigenvalue weighted by Gasteiger charge is -2.07. The van der Waals surface area contributed by atoms with Gasteiger partial charge in [0.2, 0.25) is 0 Å². The molecule has 5 heteroatoms. The van der Waals surface area contributed by atoms with E-state index >= 15 is 0 Å². The van der Waals surface area contributed by atoms with Crippen LogP contribution in [0.1, 0.15) is 16.1 Å². The predicted octanol–water partition coefficient (Wildman–Crippen LogP) is 2.03. The molecule has 0 fully saturated rings. The number of nitrogens with two attached hydrogens (primary N) is 1. The number of carbonyl (C=O) groups is 1. The highest BCUT2D eigenvalue weighted by Crippen LogP contribution is 2.22. The van der Waals surface area contributed by atoms with Gasteiger partial charge in [0.15, 0.2) is 0 Å². The number of nitrogens with zero attached hydrogens (tertiary/aromatic N) is 1. The number of nitrogen functional groups attached to an aromatic ring is 1. The predicted molar refractivity (Wildman–Crippen MR) is 70.8 cm³/mol. The van der Waals surface area contributed by atoms with Crippen LogP contribution in [-0.4, -0.2) is 18.1 Å². The summed E-state index contributed by atoms with van der Waals surface area (Å²) in [7, 11) is 1.52. The molecule has 5 nitrogen and oxygen atoms in total. The van der Waals surface area contributed by atoms with Gasteiger partial charge in [-0.25, -0.2) is 4.79 Å². The van der Waals surface area contributed by atoms with E-state index in [4.69, 9.17) is 15.2 Å². The summed E-state index contributed by atoms with van der Waals surface area (Å²) in [6, 6.07) is 10.2. The second kappa shape index (κ2) is 5.86. The molecular formula is C14H14N2O3. The van der Waals surface area contributed by atoms with Gasteiger partial charge in [0, 0.05) is 6.20 Å². The largest absolute Gasteiger partial charge is 0.495 e. The molecule has 0 atom stereocenters. The Morgan fingerprint density at radius 3 is 2.79 bits per heavy atom. The average molecular weight is 258 g/mol. The van der Waals surface area contributed by atoms with Crippen molar-refractivity contribution in [1.29, 1.82) is 0 Å². The van der Waals surface area contributed by atoms with Crippen LogP contribution in [0.3, 0.4) is 0 Å². The number of methoxy groups -OCH3 is 1. The Morgan fingerprint density at radius 1 is 1.32 bits per heavy atom. The molecule has 0 aliphatic carbocycles. The molecule has 0 bridgehead atoms. The highest BCUT2D eigenvalue weighted by atomic mass is 16.5. The van der Waals surface area contributed by atoms with Gasteiger partial charge >= 0.3 is 5.97 Å². The summed E-state index contributed by atoms with van der Waals surface area (Å²) in [5, 5.41) is 0. The molecule has 0 radical (unpaired) electrons. The fourth-order valence-electron chi connectivity index (χ4n) is 1.57. The number of benzene rings is 1. The molecule has 1 heterocycles. The van der Waals surface area contributed by atoms with Gasteiger partial charge in [-0.3, -0.25) is 4.98 Å². The first-order chi connectivity index (χ1) is 9.20. The summed E-state index contributed by atoms with van der Waals surface area (Å²) in [4.78, 5) is 15.9. The zero-order chi connectivity index (χ0) is 13.7. The molecular weight excluding hydrogens is 244 g/mol. The van der Waals surface area contributed by atoms with E-state index in [-0.39, 0.29) is 6.61 Å². The van der Waals surface area contributed by atoms with Crippen molar-refractivity contribution in [3.63, 3.8) is 0 Å². The first kappa shape index (κ1) is 12.9. The standard InChI is InChI=1S/C14H14N2O3/c1-18-13-6-5-10(8-12(13)15)14(17)19-9-11-4-2-3-7-16-11/h2-8H,9,15H2,1H3. The maximum atomic E-state index is 11.8. The number of esters is 1. The van der Waals surface area contributed by atoms with Crippen LogP contribution >= 0.6 is 0 Å². The molecule has 0 saturated heterocycles. The van der Waals surface area contributed by atoms with Crippen molar-refractivity contribution in [3.05, 3.63) is 53.9 Å². The third-order valence-electron chi connectivity index (χ3n) is 2.54. The van der Waals surface area contributed by atoms with Gasteiger partial charge in [0.05, 0.1) is 24.1 Å². The Bertz CT molecular complexity index is 570. The zero-order valence-electron chi connectivity index (χ0n) is 10.5. The van der Waals surface area contributed by atoms with Gasteiger partial charge in [-0.05, 0) is 30.3 Å². The molecule has 0 saturated carbocycles. The summed E-state index contributed by atoms with van der Waals surface area (Å²) in [5.41, 5.74) is 7.21. The van der Waals surface area contributed by atoms with Crippen molar-refractivity contribution < 1.29 is 14.3 Å². The van der Waals surface area contributed by atoms with Crippen LogP contribution in [0.2, 0.25) is 0 Å². The lowest BCUT2D eigenvalue weighted by molar-refractivity contribution is 0.0468. The molecule has 2 N–H and O–H groups in total. The molecule has 0 aliphatic rings. The first-order valence-electron chi connectivity index (χ1n) is 5.71. The van der Waals surface area contributed by atoms with Gasteiger partial charge in [-0.15, -0.1) is 0 Å². The average Bonchev–Trinajstić information content (AvgIpc) is 2.45. The van der Waals surface area contributed by atoms with E-state index in [1.54, 1.807) is 30.5 Å². The number of rotatable bonds is 4. The van der Waals surface area contributed by atoms with Gasteiger partial charge in [0.1, 0.15) is 12.4 Å². The van der Waals surface area contributed by atoms with E-state index < -0.39 is 5.97 Å². The van der Waals surface area contributed by atoms with Gasteiger partial charge < -0.3 is 15.2 Å². The summed E-state index contributed by atoms with van der Waals surface area (Å²) in [6.45, 7) is 0.131. The third-order valence-corrected chi connectivity index (χ3v) is 2.54. The second-order valence-electron chi connectivity index (χ2n) is 3.85. The summed E-state index contributed by atoms with van der Waals surface area (Å²) in [5.74, 6) is 0.0845. The minimum atomic E-state index is -0.444. The van der Waals surface area contributed by atoms with Crippen molar-refractivity contribution in [2.45, 2.75) is 6.61 Å². The van der Waals surface area contributed by atoms with Crippen LogP contribution in [0.5, 0.6) is 5.75 Å². The molecule has 0 amide bonds. The molecule has 0 aliphatic heterocycles. The van der Waals surface area contributed by atoms with Crippen LogP contribution in [0.15, 0.2) is 42.6 Å². The van der Waals surface area contributed by atoms with Crippen LogP contribution in [0.25, 0.3) is 0 Å². The first-order valence-corrected chi connectivity index (χ1v) is 5.71. The number of anilines is 1. The van der Waals surface area contributed by atoms with Crippen molar-refractivity contribution in [2.75, 3.05) is 12.8 Å². The molecule has 1 aromatic heterocycles. The topological polar surface area (TPSA) is 74.4 Å². The fourth-order valence-corrected chi connectivity index (χ4v) is 1.57. The van der Waals surface area contributed by atoms with E-state index in [1.807, 2.05) is 6.07 Å². The number of aromatic nitrogens is 1. The van der Waals surface area contributed by atoms with E-state index in [1.165, 1.54) is 13.2 Å². The van der Waals surface area contributed by atoms with Gasteiger partial charge in [0.25, 0.3) is 0 Å². The smallest absolute Gasteiger partial charge is 0.338 e. The maximum Gasteiger partial charge on any atom is 0.338 e. The van der Waals surface area contributed by atoms with Gasteiger partial charge in [-0.1, -0.05) is 6.07 Å². The SMILES string of the molecule is COc1ccc(C(=O)OCc2ccccn2)cc1N. The molecule has 0 spiro atoms. The number of hydrogen-bond acceptors (Lipinski definition) is 5. The fraction of sp³-hybridized carbons (Fsp3) is 0.143. The molecule has 19 heavy (non-hydrogen) atoms. The summed E-state index contributed by atoms with van der Waals surface area (Å²) < 4.78 is 10.2. The van der Waals surface area contributed by atoms with Crippen molar-refractivity contribution >= 4 is 11.7 Å². The van der Waals surface area contributed by atoms with Crippen molar-refractivity contribution in [1.82, 2.24) is 4.98 Å². The van der Waals surface area contributed by atoms with Crippen LogP contribution < -0.4 is 10.5 Å². The van der Waals surface area contributed by atoms with E-state index in [0.29, 0.717) is 22.7 Å². The van der Waals surface area contributed by atoms with E-state index in [0.717, 1.165) is 0 Å². The lowest BCUT2D eigenvalue weighted by Crippen LogP contribution is -2.07. The molecule has 2 rings (SSSR count). The molecule has 2 aromatic rings. The Kier molecular flexibility index (Phi) is 3.97. The highest BCUT2D eigenvalue weighted by molar-refractivity contribution is 5.91. The third kappa shape index (κ3) is 3.22. The quantitative estimate of drug-likeness (QED) is 0.671. The minimum absolute atomic E-state index is 0.131. The molecule has 98 valence electrons. The summed E-state index contributed by atoms with van der Waals surface area (Å²) in [6.07, 6.45) is 1.65. The Balaban J connectivity index is 2.02. The van der Waals surface area contributed by atoms with Crippen molar-refractivity contribution in [2.24, 2.45) is 0 Å². The minimum Gasteiger partial charge on any atom is -0.495 e. The Hall–Kier alpha value is -2.56. The van der Waals surface area contributed by atoms with Crippen LogP contribution in [0, 0.1) is 0 Å². The Morgan fingerprint density at radius 2 is 2.16 bits per heavy atom.